The third kappa shape index (κ3) is 0.956. The van der Waals surface area contributed by atoms with Crippen molar-refractivity contribution in [3.8, 4) is 6.01 Å². The summed E-state index contributed by atoms with van der Waals surface area (Å²) in [6.07, 6.45) is -1.17. The van der Waals surface area contributed by atoms with Gasteiger partial charge in [-0.3, -0.25) is 9.47 Å². The normalized spacial score (nSPS) is 20.6. The second-order valence-corrected chi connectivity index (χ2v) is 3.05. The van der Waals surface area contributed by atoms with Gasteiger partial charge in [0.1, 0.15) is 0 Å². The lowest BCUT2D eigenvalue weighted by Crippen LogP contribution is -2.46. The molecule has 0 aliphatic carbocycles. The van der Waals surface area contributed by atoms with Crippen LogP contribution in [0.5, 0.6) is 6.01 Å². The molecular formula is C7H10N4O3. The predicted molar refractivity (Wildman–Crippen MR) is 45.5 cm³/mol. The summed E-state index contributed by atoms with van der Waals surface area (Å²) in [6.45, 7) is 0. The fraction of sp³-hybridized carbons (Fsp3) is 0.429. The van der Waals surface area contributed by atoms with Gasteiger partial charge in [0, 0.05) is 14.1 Å². The van der Waals surface area contributed by atoms with Crippen molar-refractivity contribution in [2.24, 2.45) is 12.0 Å². The van der Waals surface area contributed by atoms with Gasteiger partial charge in [-0.05, 0) is 0 Å². The Morgan fingerprint density at radius 3 is 2.57 bits per heavy atom. The zero-order valence-corrected chi connectivity index (χ0v) is 7.71. The van der Waals surface area contributed by atoms with Gasteiger partial charge in [0.05, 0.1) is 0 Å². The fourth-order valence-corrected chi connectivity index (χ4v) is 1.29. The smallest absolute Gasteiger partial charge is 0.296 e. The quantitative estimate of drug-likeness (QED) is 0.431. The lowest BCUT2D eigenvalue weighted by molar-refractivity contribution is 0.0429. The molecule has 1 aliphatic heterocycles. The van der Waals surface area contributed by atoms with Gasteiger partial charge in [0.25, 0.3) is 6.01 Å². The van der Waals surface area contributed by atoms with Crippen LogP contribution in [-0.4, -0.2) is 43.2 Å². The average Bonchev–Trinajstić information content (AvgIpc) is 2.39. The molecule has 1 aliphatic rings. The lowest BCUT2D eigenvalue weighted by atomic mass is 10.5. The highest BCUT2D eigenvalue weighted by molar-refractivity contribution is 5.31. The number of aliphatic hydroxyl groups is 2. The van der Waals surface area contributed by atoms with E-state index in [2.05, 4.69) is 9.98 Å². The Morgan fingerprint density at radius 2 is 1.93 bits per heavy atom. The van der Waals surface area contributed by atoms with E-state index in [-0.39, 0.29) is 22.7 Å². The van der Waals surface area contributed by atoms with Crippen molar-refractivity contribution in [3.63, 3.8) is 0 Å². The van der Waals surface area contributed by atoms with Crippen LogP contribution in [0.4, 0.5) is 0 Å². The maximum Gasteiger partial charge on any atom is 0.296 e. The molecule has 3 N–H and O–H groups in total. The number of aromatic hydroxyl groups is 1. The maximum atomic E-state index is 9.65. The summed E-state index contributed by atoms with van der Waals surface area (Å²) in [5, 5.41) is 28.5. The van der Waals surface area contributed by atoms with Gasteiger partial charge in [0.2, 0.25) is 12.2 Å². The fourth-order valence-electron chi connectivity index (χ4n) is 1.29. The SMILES string of the molecule is CN1C(O)=c2c(nc(O)n2C)=NC1O. The Balaban J connectivity index is 2.89. The molecule has 1 atom stereocenters. The van der Waals surface area contributed by atoms with E-state index in [9.17, 15) is 15.3 Å². The van der Waals surface area contributed by atoms with E-state index in [1.165, 1.54) is 16.5 Å². The Bertz CT molecular complexity index is 492. The monoisotopic (exact) mass is 198 g/mol. The van der Waals surface area contributed by atoms with E-state index < -0.39 is 6.35 Å². The molecule has 7 heteroatoms. The standard InChI is InChI=1S/C7H10N4O3/c1-10-3-4(8-6(10)13)9-7(14)11(2)5(3)12/h7,12,14H,1-2H3,(H,8,9,13). The minimum Gasteiger partial charge on any atom is -0.493 e. The first-order valence-electron chi connectivity index (χ1n) is 3.96. The number of rotatable bonds is 0. The first-order valence-corrected chi connectivity index (χ1v) is 3.96. The molecule has 14 heavy (non-hydrogen) atoms. The summed E-state index contributed by atoms with van der Waals surface area (Å²) in [4.78, 5) is 8.61. The molecule has 1 unspecified atom stereocenters. The van der Waals surface area contributed by atoms with Crippen LogP contribution in [0.2, 0.25) is 0 Å². The van der Waals surface area contributed by atoms with Crippen molar-refractivity contribution in [2.45, 2.75) is 6.35 Å². The van der Waals surface area contributed by atoms with Crippen LogP contribution < -0.4 is 10.8 Å². The second-order valence-electron chi connectivity index (χ2n) is 3.05. The van der Waals surface area contributed by atoms with Gasteiger partial charge < -0.3 is 15.3 Å². The van der Waals surface area contributed by atoms with E-state index in [1.54, 1.807) is 7.05 Å². The summed E-state index contributed by atoms with van der Waals surface area (Å²) < 4.78 is 1.29. The molecule has 1 aromatic rings. The van der Waals surface area contributed by atoms with Crippen molar-refractivity contribution in [1.82, 2.24) is 14.5 Å². The molecule has 0 amide bonds. The first-order chi connectivity index (χ1) is 6.52. The summed E-state index contributed by atoms with van der Waals surface area (Å²) in [6, 6.07) is -0.257. The summed E-state index contributed by atoms with van der Waals surface area (Å²) >= 11 is 0. The topological polar surface area (TPSA) is 94.1 Å². The van der Waals surface area contributed by atoms with Crippen LogP contribution in [0.3, 0.4) is 0 Å². The van der Waals surface area contributed by atoms with Crippen molar-refractivity contribution < 1.29 is 15.3 Å². The van der Waals surface area contributed by atoms with E-state index in [0.717, 1.165) is 0 Å². The van der Waals surface area contributed by atoms with Gasteiger partial charge >= 0.3 is 0 Å². The van der Waals surface area contributed by atoms with Gasteiger partial charge in [-0.2, -0.15) is 4.98 Å². The molecule has 2 rings (SSSR count). The Morgan fingerprint density at radius 1 is 1.29 bits per heavy atom. The molecule has 0 fully saturated rings. The molecule has 1 aromatic heterocycles. The average molecular weight is 198 g/mol. The highest BCUT2D eigenvalue weighted by Gasteiger charge is 2.21. The van der Waals surface area contributed by atoms with Crippen molar-refractivity contribution in [1.29, 1.82) is 0 Å². The summed E-state index contributed by atoms with van der Waals surface area (Å²) in [7, 11) is 3.02. The molecule has 0 radical (unpaired) electrons. The highest BCUT2D eigenvalue weighted by atomic mass is 16.3. The molecule has 76 valence electrons. The number of aliphatic hydroxyl groups excluding tert-OH is 2. The number of aromatic nitrogens is 2. The van der Waals surface area contributed by atoms with Crippen LogP contribution in [0, 0.1) is 0 Å². The largest absolute Gasteiger partial charge is 0.493 e. The number of nitrogens with zero attached hydrogens (tertiary/aromatic N) is 4. The van der Waals surface area contributed by atoms with Gasteiger partial charge in [-0.1, -0.05) is 0 Å². The molecule has 7 nitrogen and oxygen atoms in total. The summed E-state index contributed by atoms with van der Waals surface area (Å²) in [5.41, 5.74) is 0.133. The number of hydrogen-bond donors (Lipinski definition) is 3. The minimum absolute atomic E-state index is 0.133. The van der Waals surface area contributed by atoms with Crippen LogP contribution in [0.15, 0.2) is 4.99 Å². The Hall–Kier alpha value is -1.76. The minimum atomic E-state index is -1.17. The van der Waals surface area contributed by atoms with E-state index in [1.807, 2.05) is 0 Å². The van der Waals surface area contributed by atoms with Crippen LogP contribution in [0.25, 0.3) is 5.88 Å². The van der Waals surface area contributed by atoms with Crippen LogP contribution in [-0.2, 0) is 7.05 Å². The summed E-state index contributed by atoms with van der Waals surface area (Å²) in [5.74, 6) is -0.169. The van der Waals surface area contributed by atoms with E-state index >= 15 is 0 Å². The molecule has 0 aromatic carbocycles. The zero-order chi connectivity index (χ0) is 10.5. The molecular weight excluding hydrogens is 188 g/mol. The van der Waals surface area contributed by atoms with Gasteiger partial charge in [0.15, 0.2) is 10.8 Å². The number of fused-ring (bicyclic) bond motifs is 1. The first kappa shape index (κ1) is 8.82. The van der Waals surface area contributed by atoms with Crippen molar-refractivity contribution in [2.75, 3.05) is 7.05 Å². The van der Waals surface area contributed by atoms with E-state index in [4.69, 9.17) is 0 Å². The predicted octanol–water partition coefficient (Wildman–Crippen LogP) is -2.41. The van der Waals surface area contributed by atoms with Crippen molar-refractivity contribution >= 4 is 5.88 Å². The van der Waals surface area contributed by atoms with Gasteiger partial charge in [-0.25, -0.2) is 4.99 Å². The maximum absolute atomic E-state index is 9.65. The lowest BCUT2D eigenvalue weighted by Gasteiger charge is -2.22. The molecule has 0 saturated heterocycles. The number of hydrogen-bond acceptors (Lipinski definition) is 6. The highest BCUT2D eigenvalue weighted by Crippen LogP contribution is 2.05. The molecule has 2 heterocycles. The zero-order valence-electron chi connectivity index (χ0n) is 7.71. The molecule has 0 bridgehead atoms. The Kier molecular flexibility index (Phi) is 1.65. The number of imidazole rings is 1. The van der Waals surface area contributed by atoms with Crippen LogP contribution in [0.1, 0.15) is 0 Å². The Labute approximate surface area is 78.9 Å². The second kappa shape index (κ2) is 2.61. The van der Waals surface area contributed by atoms with E-state index in [0.29, 0.717) is 0 Å². The van der Waals surface area contributed by atoms with Crippen molar-refractivity contribution in [3.05, 3.63) is 10.8 Å². The third-order valence-electron chi connectivity index (χ3n) is 2.18. The van der Waals surface area contributed by atoms with Gasteiger partial charge in [-0.15, -0.1) is 0 Å². The molecule has 0 spiro atoms. The van der Waals surface area contributed by atoms with Crippen LogP contribution >= 0.6 is 0 Å². The molecule has 0 saturated carbocycles. The third-order valence-corrected chi connectivity index (χ3v) is 2.18.